The van der Waals surface area contributed by atoms with Crippen LogP contribution in [0, 0.1) is 0 Å². The number of aliphatic hydroxyl groups excluding tert-OH is 2. The molecule has 1 aliphatic heterocycles. The average Bonchev–Trinajstić information content (AvgIpc) is 2.56. The van der Waals surface area contributed by atoms with Gasteiger partial charge in [-0.1, -0.05) is 0 Å². The first-order valence-electron chi connectivity index (χ1n) is 5.49. The molecule has 3 N–H and O–H groups in total. The summed E-state index contributed by atoms with van der Waals surface area (Å²) in [7, 11) is 0. The Balaban J connectivity index is 2.57. The molecular weight excluding hydrogens is 346 g/mol. The second-order valence-corrected chi connectivity index (χ2v) is 5.47. The van der Waals surface area contributed by atoms with Crippen molar-refractivity contribution in [2.75, 3.05) is 6.61 Å². The van der Waals surface area contributed by atoms with E-state index in [1.165, 1.54) is 0 Å². The van der Waals surface area contributed by atoms with Crippen LogP contribution in [0.15, 0.2) is 20.3 Å². The standard InChI is InChI=1S/C10H11BrF2N2O5/c1-9(12)6(18)10(13,3-16)20-7(9)15-2-4(11)5(17)14-8(15)19/h2,6-7,16,18H,3H2,1H3,(H,14,17,19)/t6-,7+,9-,10+/m0/s1. The molecule has 0 spiro atoms. The Kier molecular flexibility index (Phi) is 3.61. The Labute approximate surface area is 118 Å². The second-order valence-electron chi connectivity index (χ2n) is 4.61. The molecule has 0 radical (unpaired) electrons. The predicted molar refractivity (Wildman–Crippen MR) is 65.6 cm³/mol. The minimum absolute atomic E-state index is 0.105. The number of nitrogens with zero attached hydrogens (tertiary/aromatic N) is 1. The van der Waals surface area contributed by atoms with Gasteiger partial charge in [0.15, 0.2) is 18.0 Å². The van der Waals surface area contributed by atoms with Crippen LogP contribution >= 0.6 is 15.9 Å². The number of hydrogen-bond donors (Lipinski definition) is 3. The molecule has 0 aliphatic carbocycles. The third-order valence-electron chi connectivity index (χ3n) is 3.13. The predicted octanol–water partition coefficient (Wildman–Crippen LogP) is -0.425. The van der Waals surface area contributed by atoms with Crippen molar-refractivity contribution in [2.45, 2.75) is 30.8 Å². The summed E-state index contributed by atoms with van der Waals surface area (Å²) in [5.74, 6) is -3.05. The SMILES string of the molecule is C[C@@]1(F)[C@H](n2cc(Br)c(=O)[nH]c2=O)O[C@](F)(CO)[C@H]1O. The molecule has 4 atom stereocenters. The summed E-state index contributed by atoms with van der Waals surface area (Å²) in [6, 6.07) is 0. The molecular formula is C10H11BrF2N2O5. The van der Waals surface area contributed by atoms with E-state index in [9.17, 15) is 23.5 Å². The number of aliphatic hydroxyl groups is 2. The van der Waals surface area contributed by atoms with Crippen LogP contribution in [0.4, 0.5) is 8.78 Å². The largest absolute Gasteiger partial charge is 0.390 e. The lowest BCUT2D eigenvalue weighted by Crippen LogP contribution is -2.47. The summed E-state index contributed by atoms with van der Waals surface area (Å²) in [5, 5.41) is 18.5. The van der Waals surface area contributed by atoms with Crippen LogP contribution in [0.2, 0.25) is 0 Å². The highest BCUT2D eigenvalue weighted by molar-refractivity contribution is 9.10. The maximum Gasteiger partial charge on any atom is 0.330 e. The third-order valence-corrected chi connectivity index (χ3v) is 3.69. The van der Waals surface area contributed by atoms with Crippen LogP contribution in [-0.2, 0) is 4.74 Å². The molecule has 1 fully saturated rings. The molecule has 20 heavy (non-hydrogen) atoms. The van der Waals surface area contributed by atoms with Gasteiger partial charge in [0, 0.05) is 6.20 Å². The topological polar surface area (TPSA) is 105 Å². The number of aromatic amines is 1. The fraction of sp³-hybridized carbons (Fsp3) is 0.600. The quantitative estimate of drug-likeness (QED) is 0.667. The number of nitrogens with one attached hydrogen (secondary N) is 1. The molecule has 2 heterocycles. The second kappa shape index (κ2) is 4.72. The molecule has 0 bridgehead atoms. The van der Waals surface area contributed by atoms with Crippen LogP contribution in [0.5, 0.6) is 0 Å². The molecule has 112 valence electrons. The van der Waals surface area contributed by atoms with Gasteiger partial charge in [-0.25, -0.2) is 13.6 Å². The van der Waals surface area contributed by atoms with Crippen molar-refractivity contribution in [2.24, 2.45) is 0 Å². The molecule has 1 aromatic heterocycles. The van der Waals surface area contributed by atoms with Crippen molar-refractivity contribution in [3.05, 3.63) is 31.5 Å². The van der Waals surface area contributed by atoms with E-state index < -0.39 is 41.7 Å². The van der Waals surface area contributed by atoms with Crippen LogP contribution in [0.25, 0.3) is 0 Å². The van der Waals surface area contributed by atoms with E-state index in [4.69, 9.17) is 5.11 Å². The Morgan fingerprint density at radius 2 is 2.15 bits per heavy atom. The summed E-state index contributed by atoms with van der Waals surface area (Å²) >= 11 is 2.84. The third kappa shape index (κ3) is 2.12. The van der Waals surface area contributed by atoms with Gasteiger partial charge in [-0.05, 0) is 22.9 Å². The van der Waals surface area contributed by atoms with Gasteiger partial charge < -0.3 is 14.9 Å². The van der Waals surface area contributed by atoms with Gasteiger partial charge in [0.2, 0.25) is 0 Å². The van der Waals surface area contributed by atoms with Gasteiger partial charge >= 0.3 is 5.69 Å². The maximum atomic E-state index is 14.5. The molecule has 2 rings (SSSR count). The molecule has 0 amide bonds. The van der Waals surface area contributed by atoms with Crippen LogP contribution < -0.4 is 11.2 Å². The Morgan fingerprint density at radius 1 is 1.55 bits per heavy atom. The molecule has 1 saturated heterocycles. The van der Waals surface area contributed by atoms with Crippen molar-refractivity contribution >= 4 is 15.9 Å². The van der Waals surface area contributed by atoms with Gasteiger partial charge in [-0.3, -0.25) is 14.3 Å². The lowest BCUT2D eigenvalue weighted by atomic mass is 9.97. The van der Waals surface area contributed by atoms with Gasteiger partial charge in [0.25, 0.3) is 11.4 Å². The first-order chi connectivity index (χ1) is 9.13. The van der Waals surface area contributed by atoms with Crippen molar-refractivity contribution in [3.63, 3.8) is 0 Å². The molecule has 0 unspecified atom stereocenters. The van der Waals surface area contributed by atoms with Crippen molar-refractivity contribution < 1.29 is 23.7 Å². The zero-order valence-corrected chi connectivity index (χ0v) is 11.7. The molecule has 0 aromatic carbocycles. The van der Waals surface area contributed by atoms with E-state index in [1.807, 2.05) is 4.98 Å². The number of aromatic nitrogens is 2. The van der Waals surface area contributed by atoms with E-state index in [-0.39, 0.29) is 4.47 Å². The molecule has 7 nitrogen and oxygen atoms in total. The molecule has 0 saturated carbocycles. The number of H-pyrrole nitrogens is 1. The minimum atomic E-state index is -3.05. The van der Waals surface area contributed by atoms with E-state index in [0.29, 0.717) is 4.57 Å². The zero-order chi connectivity index (χ0) is 15.3. The fourth-order valence-electron chi connectivity index (χ4n) is 2.01. The van der Waals surface area contributed by atoms with Crippen LogP contribution in [0.3, 0.4) is 0 Å². The fourth-order valence-corrected chi connectivity index (χ4v) is 2.33. The Hall–Kier alpha value is -1.10. The minimum Gasteiger partial charge on any atom is -0.390 e. The summed E-state index contributed by atoms with van der Waals surface area (Å²) in [5.41, 5.74) is -4.49. The normalized spacial score (nSPS) is 37.3. The van der Waals surface area contributed by atoms with Gasteiger partial charge in [-0.15, -0.1) is 0 Å². The maximum absolute atomic E-state index is 14.5. The molecule has 10 heteroatoms. The summed E-state index contributed by atoms with van der Waals surface area (Å²) in [6.45, 7) is -0.464. The van der Waals surface area contributed by atoms with Crippen molar-refractivity contribution in [1.82, 2.24) is 9.55 Å². The van der Waals surface area contributed by atoms with Gasteiger partial charge in [-0.2, -0.15) is 0 Å². The first-order valence-corrected chi connectivity index (χ1v) is 6.28. The number of alkyl halides is 2. The number of ether oxygens (including phenoxy) is 1. The lowest BCUT2D eigenvalue weighted by molar-refractivity contribution is -0.207. The van der Waals surface area contributed by atoms with Crippen LogP contribution in [0.1, 0.15) is 13.2 Å². The molecule has 1 aliphatic rings. The van der Waals surface area contributed by atoms with E-state index >= 15 is 0 Å². The highest BCUT2D eigenvalue weighted by atomic mass is 79.9. The van der Waals surface area contributed by atoms with Crippen molar-refractivity contribution in [3.8, 4) is 0 Å². The monoisotopic (exact) mass is 356 g/mol. The van der Waals surface area contributed by atoms with E-state index in [1.54, 1.807) is 0 Å². The highest BCUT2D eigenvalue weighted by Crippen LogP contribution is 2.46. The summed E-state index contributed by atoms with van der Waals surface area (Å²) < 4.78 is 33.6. The number of halogens is 3. The van der Waals surface area contributed by atoms with E-state index in [2.05, 4.69) is 20.7 Å². The Morgan fingerprint density at radius 3 is 2.65 bits per heavy atom. The Bertz CT molecular complexity index is 645. The smallest absolute Gasteiger partial charge is 0.330 e. The summed E-state index contributed by atoms with van der Waals surface area (Å²) in [4.78, 5) is 24.7. The zero-order valence-electron chi connectivity index (χ0n) is 10.1. The summed E-state index contributed by atoms with van der Waals surface area (Å²) in [6.07, 6.45) is -3.24. The number of hydrogen-bond acceptors (Lipinski definition) is 5. The molecule has 1 aromatic rings. The van der Waals surface area contributed by atoms with Gasteiger partial charge in [0.1, 0.15) is 6.61 Å². The average molecular weight is 357 g/mol. The lowest BCUT2D eigenvalue weighted by Gasteiger charge is -2.24. The number of rotatable bonds is 2. The van der Waals surface area contributed by atoms with Gasteiger partial charge in [0.05, 0.1) is 4.47 Å². The van der Waals surface area contributed by atoms with Crippen molar-refractivity contribution in [1.29, 1.82) is 0 Å². The highest BCUT2D eigenvalue weighted by Gasteiger charge is 2.64. The first kappa shape index (κ1) is 15.3. The van der Waals surface area contributed by atoms with E-state index in [0.717, 1.165) is 13.1 Å². The van der Waals surface area contributed by atoms with Crippen LogP contribution in [-0.4, -0.2) is 44.0 Å².